The molecule has 0 radical (unpaired) electrons. The van der Waals surface area contributed by atoms with Crippen LogP contribution in [-0.4, -0.2) is 21.5 Å². The number of pyridine rings is 1. The molecule has 0 atom stereocenters. The van der Waals surface area contributed by atoms with E-state index in [1.54, 1.807) is 36.3 Å². The lowest BCUT2D eigenvalue weighted by Crippen LogP contribution is -2.25. The molecule has 5 nitrogen and oxygen atoms in total. The summed E-state index contributed by atoms with van der Waals surface area (Å²) in [5, 5.41) is 10.3. The van der Waals surface area contributed by atoms with Crippen molar-refractivity contribution in [3.05, 3.63) is 69.1 Å². The van der Waals surface area contributed by atoms with Crippen molar-refractivity contribution in [1.82, 2.24) is 9.38 Å². The number of aliphatic hydroxyl groups is 1. The van der Waals surface area contributed by atoms with E-state index in [0.29, 0.717) is 16.5 Å². The number of hydrogen-bond donors (Lipinski definition) is 1. The molecule has 1 aromatic carbocycles. The highest BCUT2D eigenvalue weighted by atomic mass is 35.5. The van der Waals surface area contributed by atoms with Crippen LogP contribution >= 0.6 is 11.6 Å². The summed E-state index contributed by atoms with van der Waals surface area (Å²) in [5.41, 5.74) is 2.21. The largest absolute Gasteiger partial charge is 0.391 e. The maximum absolute atomic E-state index is 12.6. The van der Waals surface area contributed by atoms with Crippen LogP contribution in [0.25, 0.3) is 5.65 Å². The van der Waals surface area contributed by atoms with Crippen LogP contribution in [0.5, 0.6) is 0 Å². The van der Waals surface area contributed by atoms with Crippen LogP contribution in [0.3, 0.4) is 0 Å². The fraction of sp³-hybridized carbons (Fsp3) is 0.222. The number of hydrogen-bond acceptors (Lipinski definition) is 4. The number of nitrogens with zero attached hydrogens (tertiary/aromatic N) is 3. The predicted molar refractivity (Wildman–Crippen MR) is 98.4 cm³/mol. The highest BCUT2D eigenvalue weighted by Crippen LogP contribution is 2.26. The Labute approximate surface area is 145 Å². The summed E-state index contributed by atoms with van der Waals surface area (Å²) in [7, 11) is 1.79. The van der Waals surface area contributed by atoms with Gasteiger partial charge < -0.3 is 10.0 Å². The molecule has 126 valence electrons. The minimum atomic E-state index is -0.386. The summed E-state index contributed by atoms with van der Waals surface area (Å²) in [6.07, 6.45) is 1.65. The summed E-state index contributed by atoms with van der Waals surface area (Å²) in [4.78, 5) is 19.0. The zero-order valence-corrected chi connectivity index (χ0v) is 13.6. The molecule has 0 aliphatic heterocycles. The second kappa shape index (κ2) is 7.03. The first-order valence-electron chi connectivity index (χ1n) is 7.14. The zero-order valence-electron chi connectivity index (χ0n) is 12.8. The van der Waals surface area contributed by atoms with E-state index < -0.39 is 0 Å². The van der Waals surface area contributed by atoms with Gasteiger partial charge in [-0.25, -0.2) is 4.98 Å². The van der Waals surface area contributed by atoms with E-state index in [4.69, 9.17) is 11.6 Å². The van der Waals surface area contributed by atoms with Gasteiger partial charge in [0.15, 0.2) is 0 Å². The van der Waals surface area contributed by atoms with Gasteiger partial charge >= 0.3 is 0 Å². The molecule has 0 aliphatic carbocycles. The average Bonchev–Trinajstić information content (AvgIpc) is 2.55. The van der Waals surface area contributed by atoms with Crippen molar-refractivity contribution in [3.63, 3.8) is 0 Å². The van der Waals surface area contributed by atoms with Crippen LogP contribution in [-0.2, 0) is 6.61 Å². The molecular formula is C18H20ClN3O2. The topological polar surface area (TPSA) is 57.8 Å². The van der Waals surface area contributed by atoms with Gasteiger partial charge in [0.25, 0.3) is 5.56 Å². The molecule has 24 heavy (non-hydrogen) atoms. The van der Waals surface area contributed by atoms with Crippen LogP contribution in [0.1, 0.15) is 18.6 Å². The van der Waals surface area contributed by atoms with Crippen LogP contribution in [0.2, 0.25) is 5.02 Å². The van der Waals surface area contributed by atoms with E-state index in [9.17, 15) is 9.90 Å². The minimum absolute atomic E-state index is 0. The van der Waals surface area contributed by atoms with Crippen molar-refractivity contribution >= 4 is 28.8 Å². The Morgan fingerprint density at radius 1 is 1.29 bits per heavy atom. The quantitative estimate of drug-likeness (QED) is 0.788. The third kappa shape index (κ3) is 3.00. The molecule has 3 aromatic rings. The summed E-state index contributed by atoms with van der Waals surface area (Å²) >= 11 is 6.04. The van der Waals surface area contributed by atoms with Crippen LogP contribution in [0, 0.1) is 6.92 Å². The van der Waals surface area contributed by atoms with Gasteiger partial charge in [-0.2, -0.15) is 0 Å². The molecule has 3 rings (SSSR count). The number of anilines is 2. The first kappa shape index (κ1) is 18.0. The van der Waals surface area contributed by atoms with Crippen LogP contribution in [0.4, 0.5) is 11.5 Å². The SMILES string of the molecule is C.Cc1cccn2c(=O)c(CO)c(N(C)c3cccc(Cl)c3)nc12. The maximum Gasteiger partial charge on any atom is 0.265 e. The number of aryl methyl sites for hydroxylation is 1. The van der Waals surface area contributed by atoms with Crippen molar-refractivity contribution < 1.29 is 5.11 Å². The number of benzene rings is 1. The third-order valence-corrected chi connectivity index (χ3v) is 4.03. The Morgan fingerprint density at radius 2 is 2.04 bits per heavy atom. The number of fused-ring (bicyclic) bond motifs is 1. The fourth-order valence-corrected chi connectivity index (χ4v) is 2.73. The average molecular weight is 346 g/mol. The van der Waals surface area contributed by atoms with Gasteiger partial charge in [-0.15, -0.1) is 0 Å². The molecule has 0 saturated carbocycles. The normalized spacial score (nSPS) is 10.5. The van der Waals surface area contributed by atoms with Crippen molar-refractivity contribution in [3.8, 4) is 0 Å². The Kier molecular flexibility index (Phi) is 5.26. The lowest BCUT2D eigenvalue weighted by molar-refractivity contribution is 0.280. The Balaban J connectivity index is 0.00000208. The zero-order chi connectivity index (χ0) is 16.6. The molecule has 6 heteroatoms. The van der Waals surface area contributed by atoms with E-state index in [1.165, 1.54) is 4.40 Å². The van der Waals surface area contributed by atoms with Gasteiger partial charge in [0, 0.05) is 24.0 Å². The Hall–Kier alpha value is -2.37. The second-order valence-corrected chi connectivity index (χ2v) is 5.74. The van der Waals surface area contributed by atoms with Crippen molar-refractivity contribution in [2.45, 2.75) is 21.0 Å². The number of aliphatic hydroxyl groups excluding tert-OH is 1. The first-order chi connectivity index (χ1) is 11.0. The lowest BCUT2D eigenvalue weighted by Gasteiger charge is -2.21. The number of rotatable bonds is 3. The van der Waals surface area contributed by atoms with E-state index in [1.807, 2.05) is 25.1 Å². The van der Waals surface area contributed by atoms with E-state index in [-0.39, 0.29) is 25.2 Å². The predicted octanol–water partition coefficient (Wildman–Crippen LogP) is 3.55. The van der Waals surface area contributed by atoms with Gasteiger partial charge in [0.1, 0.15) is 11.5 Å². The molecule has 0 saturated heterocycles. The lowest BCUT2D eigenvalue weighted by atomic mass is 10.2. The Bertz CT molecular complexity index is 937. The molecule has 0 bridgehead atoms. The van der Waals surface area contributed by atoms with Crippen molar-refractivity contribution in [1.29, 1.82) is 0 Å². The van der Waals surface area contributed by atoms with Gasteiger partial charge in [0.2, 0.25) is 0 Å². The first-order valence-corrected chi connectivity index (χ1v) is 7.51. The number of halogens is 1. The van der Waals surface area contributed by atoms with E-state index in [0.717, 1.165) is 11.3 Å². The third-order valence-electron chi connectivity index (χ3n) is 3.79. The van der Waals surface area contributed by atoms with Crippen LogP contribution < -0.4 is 10.5 Å². The smallest absolute Gasteiger partial charge is 0.265 e. The van der Waals surface area contributed by atoms with Crippen LogP contribution in [0.15, 0.2) is 47.4 Å². The molecule has 0 spiro atoms. The molecule has 2 heterocycles. The standard InChI is InChI=1S/C17H16ClN3O2.CH4/c1-11-5-4-8-21-15(11)19-16(14(10-22)17(21)23)20(2)13-7-3-6-12(18)9-13;/h3-9,22H,10H2,1-2H3;1H4. The van der Waals surface area contributed by atoms with Gasteiger partial charge in [-0.1, -0.05) is 31.2 Å². The highest BCUT2D eigenvalue weighted by Gasteiger charge is 2.17. The molecule has 1 N–H and O–H groups in total. The molecule has 0 unspecified atom stereocenters. The molecule has 0 amide bonds. The van der Waals surface area contributed by atoms with Gasteiger partial charge in [-0.05, 0) is 36.8 Å². The highest BCUT2D eigenvalue weighted by molar-refractivity contribution is 6.30. The van der Waals surface area contributed by atoms with Gasteiger partial charge in [-0.3, -0.25) is 9.20 Å². The van der Waals surface area contributed by atoms with E-state index >= 15 is 0 Å². The summed E-state index contributed by atoms with van der Waals surface area (Å²) < 4.78 is 1.45. The van der Waals surface area contributed by atoms with Crippen molar-refractivity contribution in [2.24, 2.45) is 0 Å². The fourth-order valence-electron chi connectivity index (χ4n) is 2.55. The molecule has 0 fully saturated rings. The number of aromatic nitrogens is 2. The van der Waals surface area contributed by atoms with Gasteiger partial charge in [0.05, 0.1) is 12.2 Å². The molecule has 2 aromatic heterocycles. The Morgan fingerprint density at radius 3 is 2.71 bits per heavy atom. The molecule has 0 aliphatic rings. The second-order valence-electron chi connectivity index (χ2n) is 5.30. The molecular weight excluding hydrogens is 326 g/mol. The summed E-state index contributed by atoms with van der Waals surface area (Å²) in [6, 6.07) is 10.9. The van der Waals surface area contributed by atoms with Crippen molar-refractivity contribution in [2.75, 3.05) is 11.9 Å². The monoisotopic (exact) mass is 345 g/mol. The summed E-state index contributed by atoms with van der Waals surface area (Å²) in [5.74, 6) is 0.425. The minimum Gasteiger partial charge on any atom is -0.391 e. The maximum atomic E-state index is 12.6. The van der Waals surface area contributed by atoms with E-state index in [2.05, 4.69) is 4.98 Å². The summed E-state index contributed by atoms with van der Waals surface area (Å²) in [6.45, 7) is 1.51.